The van der Waals surface area contributed by atoms with Crippen molar-refractivity contribution in [2.75, 3.05) is 0 Å². The first-order valence-electron chi connectivity index (χ1n) is 23.0. The third-order valence-electron chi connectivity index (χ3n) is 10.2. The first-order valence-corrected chi connectivity index (χ1v) is 23.0. The number of carbonyl (C=O) groups excluding carboxylic acids is 6. The number of hydrogen-bond donors (Lipinski definition) is 13. The quantitative estimate of drug-likeness (QED) is 0.0382. The molecule has 0 saturated heterocycles. The predicted octanol–water partition coefficient (Wildman–Crippen LogP) is -5.55. The Hall–Kier alpha value is -8.76. The van der Waals surface area contributed by atoms with Crippen LogP contribution in [0.2, 0.25) is 0 Å². The third-order valence-corrected chi connectivity index (χ3v) is 10.2. The molecule has 80 heavy (non-hydrogen) atoms. The van der Waals surface area contributed by atoms with Crippen LogP contribution >= 0.6 is 0 Å². The Kier molecular flexibility index (Phi) is 35.5. The van der Waals surface area contributed by atoms with Crippen molar-refractivity contribution in [2.24, 2.45) is 34.4 Å². The molecule has 22 N–H and O–H groups in total. The van der Waals surface area contributed by atoms with Crippen LogP contribution in [0.5, 0.6) is 34.5 Å². The molecule has 6 atom stereocenters. The summed E-state index contributed by atoms with van der Waals surface area (Å²) in [4.78, 5) is 61.7. The average molecular weight is 1150 g/mol. The molecular weight excluding hydrogens is 1090 g/mol. The fourth-order valence-electron chi connectivity index (χ4n) is 5.82. The Morgan fingerprint density at radius 3 is 0.425 bits per heavy atom. The normalized spacial score (nSPS) is 12.1. The molecule has 0 bridgehead atoms. The number of carboxylic acid groups (broad SMARTS) is 6. The van der Waals surface area contributed by atoms with E-state index >= 15 is 0 Å². The fraction of sp³-hybridized carbons (Fsp3) is 0.222. The molecule has 25 nitrogen and oxygen atoms in total. The summed E-state index contributed by atoms with van der Waals surface area (Å²) in [7, 11) is 0. The maximum absolute atomic E-state index is 10.3. The second kappa shape index (κ2) is 38.7. The van der Waals surface area contributed by atoms with Gasteiger partial charge < -0.3 is 131 Å². The van der Waals surface area contributed by atoms with Crippen LogP contribution in [-0.4, -0.2) is 103 Å². The molecule has 6 aromatic rings. The second-order valence-corrected chi connectivity index (χ2v) is 16.8. The van der Waals surface area contributed by atoms with Crippen LogP contribution in [-0.2, 0) is 85.8 Å². The van der Waals surface area contributed by atoms with Crippen LogP contribution in [0.1, 0.15) is 33.4 Å². The first kappa shape index (κ1) is 73.3. The molecule has 0 aromatic heterocycles. The van der Waals surface area contributed by atoms with Gasteiger partial charge in [0.05, 0.1) is 35.8 Å². The molecule has 0 radical (unpaired) electrons. The molecule has 0 saturated carbocycles. The molecule has 6 aromatic carbocycles. The largest absolute Gasteiger partial charge is 5.00 e. The summed E-state index contributed by atoms with van der Waals surface area (Å²) in [5.74, 6) is -6.76. The van der Waals surface area contributed by atoms with E-state index in [2.05, 4.69) is 0 Å². The maximum Gasteiger partial charge on any atom is 5.00 e. The number of quaternary nitrogens is 1. The van der Waals surface area contributed by atoms with E-state index in [0.29, 0.717) is 0 Å². The monoisotopic (exact) mass is 1150 g/mol. The zero-order chi connectivity index (χ0) is 59.1. The molecule has 0 aliphatic carbocycles. The predicted molar refractivity (Wildman–Crippen MR) is 275 cm³/mol. The number of hydrogen-bond acceptors (Lipinski definition) is 24. The van der Waals surface area contributed by atoms with Crippen LogP contribution in [0.15, 0.2) is 146 Å². The molecule has 0 aliphatic heterocycles. The van der Waals surface area contributed by atoms with Crippen molar-refractivity contribution in [1.82, 2.24) is 6.15 Å². The van der Waals surface area contributed by atoms with Crippen molar-refractivity contribution in [3.8, 4) is 34.5 Å². The van der Waals surface area contributed by atoms with Crippen LogP contribution in [0, 0.1) is 0 Å². The molecule has 0 aliphatic rings. The van der Waals surface area contributed by atoms with Gasteiger partial charge in [-0.3, -0.25) is 0 Å². The number of carboxylic acids is 6. The molecule has 0 spiro atoms. The zero-order valence-corrected chi connectivity index (χ0v) is 44.5. The Bertz CT molecular complexity index is 2270. The van der Waals surface area contributed by atoms with Gasteiger partial charge in [-0.1, -0.05) is 72.8 Å². The van der Waals surface area contributed by atoms with Gasteiger partial charge in [-0.15, -0.1) is 0 Å². The summed E-state index contributed by atoms with van der Waals surface area (Å²) >= 11 is 0. The number of phenols is 6. The summed E-state index contributed by atoms with van der Waals surface area (Å²) in [5, 5.41) is 115. The SMILES string of the molecule is N[C@@H](Cc1ccc(O)cc1)C(=O)[O-].N[C@@H](Cc1ccc(O)cc1)C(=O)[O-].N[C@@H](Cc1ccc(O)cc1)C(=O)[O-].N[C@@H](Cc1ccc(O)cc1)C(=O)[O-].N[C@@H](Cc1ccc(O)cc1)C(=O)[O-].N[C@@H](Cc1ccc(O)cc1)C(=O)[O-].[NH4+].[V+5]. The van der Waals surface area contributed by atoms with Gasteiger partial charge in [0, 0.05) is 36.3 Å². The van der Waals surface area contributed by atoms with Gasteiger partial charge in [-0.25, -0.2) is 0 Å². The standard InChI is InChI=1S/6C9H11NO3.H3N.V/c6*10-8(9(12)13)5-6-1-3-7(11)4-2-6;;/h6*1-4,8,11H,5,10H2,(H,12,13);1H3;/q;;;;;;;+5/p-5/t6*8-;;/m000000../s1. The van der Waals surface area contributed by atoms with Crippen molar-refractivity contribution >= 4 is 35.8 Å². The summed E-state index contributed by atoms with van der Waals surface area (Å²) in [6.07, 6.45) is 1.27. The first-order chi connectivity index (χ1) is 36.6. The zero-order valence-electron chi connectivity index (χ0n) is 43.1. The van der Waals surface area contributed by atoms with E-state index in [1.807, 2.05) is 0 Å². The maximum atomic E-state index is 10.3. The minimum Gasteiger partial charge on any atom is -0.548 e. The van der Waals surface area contributed by atoms with Crippen molar-refractivity contribution < 1.29 is 109 Å². The van der Waals surface area contributed by atoms with Gasteiger partial charge in [0.2, 0.25) is 0 Å². The topological polar surface area (TPSA) is 555 Å². The number of rotatable bonds is 18. The van der Waals surface area contributed by atoms with E-state index in [0.717, 1.165) is 33.4 Å². The van der Waals surface area contributed by atoms with Crippen LogP contribution in [0.25, 0.3) is 0 Å². The van der Waals surface area contributed by atoms with E-state index < -0.39 is 72.1 Å². The number of aromatic hydroxyl groups is 6. The van der Waals surface area contributed by atoms with Crippen LogP contribution in [0.3, 0.4) is 0 Å². The Morgan fingerprint density at radius 2 is 0.350 bits per heavy atom. The van der Waals surface area contributed by atoms with E-state index in [4.69, 9.17) is 65.0 Å². The molecular formula is C54H64N7O18V. The van der Waals surface area contributed by atoms with Gasteiger partial charge in [0.1, 0.15) is 34.5 Å². The van der Waals surface area contributed by atoms with Crippen molar-refractivity contribution in [2.45, 2.75) is 74.8 Å². The summed E-state index contributed by atoms with van der Waals surface area (Å²) < 4.78 is 0. The van der Waals surface area contributed by atoms with Gasteiger partial charge in [-0.05, 0) is 145 Å². The van der Waals surface area contributed by atoms with E-state index in [1.165, 1.54) is 72.8 Å². The van der Waals surface area contributed by atoms with E-state index in [9.17, 15) is 59.4 Å². The van der Waals surface area contributed by atoms with Gasteiger partial charge >= 0.3 is 18.6 Å². The van der Waals surface area contributed by atoms with Crippen molar-refractivity contribution in [3.05, 3.63) is 179 Å². The van der Waals surface area contributed by atoms with E-state index in [-0.39, 0.29) is 97.7 Å². The van der Waals surface area contributed by atoms with Crippen molar-refractivity contribution in [1.29, 1.82) is 0 Å². The molecule has 0 unspecified atom stereocenters. The number of nitrogens with two attached hydrogens (primary N) is 6. The number of carbonyl (C=O) groups is 6. The smallest absolute Gasteiger partial charge is 0.548 e. The van der Waals surface area contributed by atoms with Crippen LogP contribution < -0.4 is 71.2 Å². The second-order valence-electron chi connectivity index (χ2n) is 16.8. The summed E-state index contributed by atoms with van der Waals surface area (Å²) in [6, 6.07) is 31.3. The van der Waals surface area contributed by atoms with Gasteiger partial charge in [0.15, 0.2) is 0 Å². The fourth-order valence-corrected chi connectivity index (χ4v) is 5.82. The third kappa shape index (κ3) is 32.7. The van der Waals surface area contributed by atoms with Crippen molar-refractivity contribution in [3.63, 3.8) is 0 Å². The van der Waals surface area contributed by atoms with Gasteiger partial charge in [0.25, 0.3) is 0 Å². The molecule has 26 heteroatoms. The number of phenolic OH excluding ortho intramolecular Hbond substituents is 6. The minimum atomic E-state index is -1.27. The Balaban J connectivity index is 0. The summed E-state index contributed by atoms with van der Waals surface area (Å²) in [5.41, 5.74) is 36.1. The molecule has 6 rings (SSSR count). The summed E-state index contributed by atoms with van der Waals surface area (Å²) in [6.45, 7) is 0. The number of benzene rings is 6. The van der Waals surface area contributed by atoms with Crippen LogP contribution in [0.4, 0.5) is 0 Å². The average Bonchev–Trinajstić information content (AvgIpc) is 3.38. The van der Waals surface area contributed by atoms with E-state index in [1.54, 1.807) is 72.8 Å². The Morgan fingerprint density at radius 1 is 0.263 bits per heavy atom. The molecule has 0 amide bonds. The Labute approximate surface area is 471 Å². The molecule has 0 heterocycles. The molecule has 428 valence electrons. The number of aliphatic carboxylic acids is 6. The van der Waals surface area contributed by atoms with Gasteiger partial charge in [-0.2, -0.15) is 0 Å². The minimum absolute atomic E-state index is 0. The molecule has 0 fully saturated rings.